The van der Waals surface area contributed by atoms with Crippen LogP contribution in [0.5, 0.6) is 0 Å². The predicted molar refractivity (Wildman–Crippen MR) is 140 cm³/mol. The molecule has 0 radical (unpaired) electrons. The van der Waals surface area contributed by atoms with E-state index in [1.807, 2.05) is 48.5 Å². The van der Waals surface area contributed by atoms with E-state index in [2.05, 4.69) is 21.7 Å². The third-order valence-electron chi connectivity index (χ3n) is 5.84. The first-order chi connectivity index (χ1) is 17.9. The Labute approximate surface area is 218 Å². The quantitative estimate of drug-likeness (QED) is 0.206. The lowest BCUT2D eigenvalue weighted by Crippen LogP contribution is -2.47. The molecule has 7 N–H and O–H groups in total. The first-order valence-electron chi connectivity index (χ1n) is 12.8. The minimum Gasteiger partial charge on any atom is -0.481 e. The Balaban J connectivity index is 1.58. The first-order valence-corrected chi connectivity index (χ1v) is 12.8. The fourth-order valence-electron chi connectivity index (χ4n) is 3.74. The molecule has 9 heteroatoms. The Bertz CT molecular complexity index is 1040. The maximum absolute atomic E-state index is 12.2. The lowest BCUT2D eigenvalue weighted by atomic mass is 10.1. The zero-order chi connectivity index (χ0) is 26.9. The molecule has 3 amide bonds. The summed E-state index contributed by atoms with van der Waals surface area (Å²) in [6.07, 6.45) is 3.42. The first kappa shape index (κ1) is 29.5. The van der Waals surface area contributed by atoms with Crippen LogP contribution in [0.15, 0.2) is 48.5 Å². The molecule has 0 aromatic heterocycles. The highest BCUT2D eigenvalue weighted by atomic mass is 16.4. The monoisotopic (exact) mass is 511 g/mol. The molecule has 0 saturated carbocycles. The van der Waals surface area contributed by atoms with Crippen LogP contribution in [0.25, 0.3) is 0 Å². The summed E-state index contributed by atoms with van der Waals surface area (Å²) >= 11 is 0. The van der Waals surface area contributed by atoms with Crippen molar-refractivity contribution in [3.8, 4) is 0 Å². The number of hydrogen-bond acceptors (Lipinski definition) is 4. The number of aliphatic carboxylic acids is 1. The van der Waals surface area contributed by atoms with Crippen molar-refractivity contribution >= 4 is 23.7 Å². The lowest BCUT2D eigenvalue weighted by molar-refractivity contribution is -0.386. The summed E-state index contributed by atoms with van der Waals surface area (Å²) in [7, 11) is 0. The van der Waals surface area contributed by atoms with E-state index in [-0.39, 0.29) is 24.1 Å². The Morgan fingerprint density at radius 3 is 1.32 bits per heavy atom. The van der Waals surface area contributed by atoms with Gasteiger partial charge >= 0.3 is 5.97 Å². The SMILES string of the molecule is [NH3+]Cc1cccc(CNC(=O)CCCCC(=O)NCc2cccc(CNC(=O)CCCCC(=O)O)c2)c1. The van der Waals surface area contributed by atoms with E-state index >= 15 is 0 Å². The second-order valence-electron chi connectivity index (χ2n) is 9.03. The van der Waals surface area contributed by atoms with Gasteiger partial charge in [-0.3, -0.25) is 19.2 Å². The number of nitrogens with one attached hydrogen (secondary N) is 3. The van der Waals surface area contributed by atoms with Gasteiger partial charge in [-0.2, -0.15) is 0 Å². The van der Waals surface area contributed by atoms with E-state index in [4.69, 9.17) is 5.11 Å². The normalized spacial score (nSPS) is 10.5. The standard InChI is InChI=1S/C28H38N4O5/c29-17-21-7-5-8-22(15-21)18-30-25(33)11-1-2-12-26(34)31-19-23-9-6-10-24(16-23)20-32-27(35)13-3-4-14-28(36)37/h5-10,15-16H,1-4,11-14,17-20,29H2,(H,30,33)(H,31,34)(H,32,35)(H,36,37)/p+1. The second-order valence-corrected chi connectivity index (χ2v) is 9.03. The van der Waals surface area contributed by atoms with Gasteiger partial charge in [0.2, 0.25) is 17.7 Å². The number of unbranched alkanes of at least 4 members (excludes halogenated alkanes) is 2. The van der Waals surface area contributed by atoms with Crippen molar-refractivity contribution in [2.45, 2.75) is 77.5 Å². The summed E-state index contributed by atoms with van der Waals surface area (Å²) in [5.41, 5.74) is 7.92. The lowest BCUT2D eigenvalue weighted by Gasteiger charge is -2.09. The van der Waals surface area contributed by atoms with E-state index < -0.39 is 5.97 Å². The molecule has 0 unspecified atom stereocenters. The van der Waals surface area contributed by atoms with E-state index in [9.17, 15) is 19.2 Å². The molecule has 37 heavy (non-hydrogen) atoms. The topological polar surface area (TPSA) is 152 Å². The molecule has 2 rings (SSSR count). The summed E-state index contributed by atoms with van der Waals surface area (Å²) in [4.78, 5) is 46.7. The van der Waals surface area contributed by atoms with Gasteiger partial charge in [0.25, 0.3) is 0 Å². The number of hydrogen-bond donors (Lipinski definition) is 5. The van der Waals surface area contributed by atoms with Gasteiger partial charge < -0.3 is 26.8 Å². The number of rotatable bonds is 17. The summed E-state index contributed by atoms with van der Waals surface area (Å²) in [6.45, 7) is 1.97. The molecule has 2 aromatic carbocycles. The van der Waals surface area contributed by atoms with Gasteiger partial charge in [0, 0.05) is 50.9 Å². The summed E-state index contributed by atoms with van der Waals surface area (Å²) in [5, 5.41) is 17.3. The fourth-order valence-corrected chi connectivity index (χ4v) is 3.74. The minimum absolute atomic E-state index is 0.0235. The van der Waals surface area contributed by atoms with Gasteiger partial charge in [0.1, 0.15) is 0 Å². The number of carbonyl (C=O) groups is 4. The molecule has 0 aliphatic heterocycles. The highest BCUT2D eigenvalue weighted by Gasteiger charge is 2.07. The predicted octanol–water partition coefficient (Wildman–Crippen LogP) is 2.18. The summed E-state index contributed by atoms with van der Waals surface area (Å²) in [5.74, 6) is -1.05. The van der Waals surface area contributed by atoms with Crippen LogP contribution < -0.4 is 21.7 Å². The van der Waals surface area contributed by atoms with Crippen LogP contribution in [0.1, 0.15) is 73.6 Å². The van der Waals surface area contributed by atoms with Crippen molar-refractivity contribution in [1.29, 1.82) is 0 Å². The minimum atomic E-state index is -0.852. The van der Waals surface area contributed by atoms with Crippen molar-refractivity contribution in [3.63, 3.8) is 0 Å². The smallest absolute Gasteiger partial charge is 0.303 e. The molecule has 0 aliphatic carbocycles. The van der Waals surface area contributed by atoms with Gasteiger partial charge in [-0.05, 0) is 48.4 Å². The maximum Gasteiger partial charge on any atom is 0.303 e. The largest absolute Gasteiger partial charge is 0.481 e. The average Bonchev–Trinajstić information content (AvgIpc) is 2.90. The Kier molecular flexibility index (Phi) is 13.4. The van der Waals surface area contributed by atoms with Crippen LogP contribution in [-0.2, 0) is 45.4 Å². The van der Waals surface area contributed by atoms with Crippen LogP contribution in [0.3, 0.4) is 0 Å². The fraction of sp³-hybridized carbons (Fsp3) is 0.429. The van der Waals surface area contributed by atoms with Gasteiger partial charge in [-0.15, -0.1) is 0 Å². The van der Waals surface area contributed by atoms with E-state index in [0.29, 0.717) is 71.1 Å². The maximum atomic E-state index is 12.2. The number of quaternary nitrogens is 1. The van der Waals surface area contributed by atoms with Crippen LogP contribution >= 0.6 is 0 Å². The summed E-state index contributed by atoms with van der Waals surface area (Å²) in [6, 6.07) is 15.6. The third kappa shape index (κ3) is 13.2. The number of amides is 3. The number of benzene rings is 2. The average molecular weight is 512 g/mol. The highest BCUT2D eigenvalue weighted by molar-refractivity contribution is 5.77. The molecule has 200 valence electrons. The third-order valence-corrected chi connectivity index (χ3v) is 5.84. The second kappa shape index (κ2) is 16.9. The molecule has 9 nitrogen and oxygen atoms in total. The highest BCUT2D eigenvalue weighted by Crippen LogP contribution is 2.08. The number of carboxylic acids is 1. The Hall–Kier alpha value is -3.72. The van der Waals surface area contributed by atoms with Crippen LogP contribution in [0.4, 0.5) is 0 Å². The molecule has 0 fully saturated rings. The summed E-state index contributed by atoms with van der Waals surface area (Å²) < 4.78 is 0. The van der Waals surface area contributed by atoms with E-state index in [1.165, 1.54) is 0 Å². The molecular formula is C28H39N4O5+. The van der Waals surface area contributed by atoms with Crippen LogP contribution in [0.2, 0.25) is 0 Å². The molecule has 2 aromatic rings. The van der Waals surface area contributed by atoms with Gasteiger partial charge in [-0.25, -0.2) is 0 Å². The molecule has 0 atom stereocenters. The van der Waals surface area contributed by atoms with E-state index in [0.717, 1.165) is 22.3 Å². The Morgan fingerprint density at radius 1 is 0.595 bits per heavy atom. The molecule has 0 aliphatic rings. The molecule has 0 saturated heterocycles. The molecule has 0 heterocycles. The van der Waals surface area contributed by atoms with Crippen LogP contribution in [0, 0.1) is 0 Å². The van der Waals surface area contributed by atoms with Crippen molar-refractivity contribution in [1.82, 2.24) is 16.0 Å². The molecule has 0 spiro atoms. The van der Waals surface area contributed by atoms with Crippen molar-refractivity contribution in [2.75, 3.05) is 0 Å². The Morgan fingerprint density at radius 2 is 0.946 bits per heavy atom. The van der Waals surface area contributed by atoms with Crippen molar-refractivity contribution in [3.05, 3.63) is 70.8 Å². The van der Waals surface area contributed by atoms with Gasteiger partial charge in [-0.1, -0.05) is 42.5 Å². The van der Waals surface area contributed by atoms with Crippen molar-refractivity contribution < 1.29 is 30.0 Å². The van der Waals surface area contributed by atoms with Crippen LogP contribution in [-0.4, -0.2) is 28.8 Å². The van der Waals surface area contributed by atoms with E-state index in [1.54, 1.807) is 0 Å². The molecular weight excluding hydrogens is 472 g/mol. The molecule has 0 bridgehead atoms. The van der Waals surface area contributed by atoms with Gasteiger partial charge in [0.05, 0.1) is 6.54 Å². The number of carboxylic acid groups (broad SMARTS) is 1. The van der Waals surface area contributed by atoms with Gasteiger partial charge in [0.15, 0.2) is 0 Å². The zero-order valence-corrected chi connectivity index (χ0v) is 21.4. The zero-order valence-electron chi connectivity index (χ0n) is 21.4. The van der Waals surface area contributed by atoms with Crippen molar-refractivity contribution in [2.24, 2.45) is 0 Å². The number of carbonyl (C=O) groups excluding carboxylic acids is 3.